The van der Waals surface area contributed by atoms with Gasteiger partial charge in [0.05, 0.1) is 75.1 Å². The first kappa shape index (κ1) is 95.6. The average molecular weight is 1760 g/mol. The number of nitrogens with two attached hydrogens (primary N) is 3. The van der Waals surface area contributed by atoms with Crippen LogP contribution in [-0.4, -0.2) is 256 Å². The zero-order valence-corrected chi connectivity index (χ0v) is 74.1. The van der Waals surface area contributed by atoms with Crippen molar-refractivity contribution in [2.75, 3.05) is 96.3 Å². The largest absolute Gasteiger partial charge is 0.459 e. The van der Waals surface area contributed by atoms with Crippen LogP contribution in [-0.2, 0) is 92.8 Å². The number of rotatable bonds is 28. The second-order valence-electron chi connectivity index (χ2n) is 34.5. The molecular formula is C92H125N17O18. The summed E-state index contributed by atoms with van der Waals surface area (Å²) in [6, 6.07) is 11.3. The van der Waals surface area contributed by atoms with E-state index >= 15 is 0 Å². The van der Waals surface area contributed by atoms with Gasteiger partial charge in [0.2, 0.25) is 23.5 Å². The molecule has 35 nitrogen and oxygen atoms in total. The number of amides is 3. The molecule has 10 N–H and O–H groups in total. The van der Waals surface area contributed by atoms with Gasteiger partial charge in [0, 0.05) is 146 Å². The van der Waals surface area contributed by atoms with E-state index < -0.39 is 95.4 Å². The molecule has 1 saturated carbocycles. The van der Waals surface area contributed by atoms with Crippen LogP contribution in [0.25, 0.3) is 44.5 Å². The van der Waals surface area contributed by atoms with E-state index in [1.165, 1.54) is 19.3 Å². The minimum atomic E-state index is -2.50. The fourth-order valence-electron chi connectivity index (χ4n) is 17.5. The summed E-state index contributed by atoms with van der Waals surface area (Å²) in [6.07, 6.45) is 17.9. The molecule has 9 heterocycles. The van der Waals surface area contributed by atoms with Gasteiger partial charge in [-0.05, 0) is 149 Å². The van der Waals surface area contributed by atoms with Crippen LogP contribution < -0.4 is 27.4 Å². The van der Waals surface area contributed by atoms with Gasteiger partial charge in [-0.2, -0.15) is 10.1 Å². The van der Waals surface area contributed by atoms with Gasteiger partial charge in [-0.1, -0.05) is 87.6 Å². The second kappa shape index (κ2) is 45.5. The van der Waals surface area contributed by atoms with Crippen LogP contribution in [0, 0.1) is 29.6 Å². The van der Waals surface area contributed by atoms with Crippen LogP contribution >= 0.6 is 0 Å². The Kier molecular flexibility index (Phi) is 34.3. The lowest BCUT2D eigenvalue weighted by Crippen LogP contribution is -2.61. The second-order valence-corrected chi connectivity index (χ2v) is 34.5. The highest BCUT2D eigenvalue weighted by atomic mass is 16.6. The third-order valence-electron chi connectivity index (χ3n) is 25.1. The number of allylic oxidation sites excluding steroid dienone is 6. The number of anilines is 3. The molecule has 7 aromatic rings. The van der Waals surface area contributed by atoms with Gasteiger partial charge in [0.15, 0.2) is 17.0 Å². The number of Topliss-reactive ketones (excluding diaryl/α,β-unsaturated/α-hetero) is 3. The number of methoxy groups -OCH3 is 2. The number of esters is 1. The smallest absolute Gasteiger partial charge is 0.329 e. The molecule has 12 rings (SSSR count). The third-order valence-corrected chi connectivity index (χ3v) is 25.1. The topological polar surface area (TPSA) is 471 Å². The van der Waals surface area contributed by atoms with E-state index in [0.29, 0.717) is 182 Å². The first-order valence-electron chi connectivity index (χ1n) is 44.6. The highest BCUT2D eigenvalue weighted by molar-refractivity contribution is 6.39. The number of ketones is 3. The number of unbranched alkanes of at least 4 members (excludes halogenated alkanes) is 1. The van der Waals surface area contributed by atoms with E-state index in [-0.39, 0.29) is 99.3 Å². The molecule has 686 valence electrons. The maximum Gasteiger partial charge on any atom is 0.329 e. The summed E-state index contributed by atoms with van der Waals surface area (Å²) >= 11 is 0. The Balaban J connectivity index is 0.562. The molecule has 9 unspecified atom stereocenters. The Labute approximate surface area is 740 Å². The first-order chi connectivity index (χ1) is 61.1. The Bertz CT molecular complexity index is 5020. The number of piperazine rings is 1. The number of aliphatic hydroxyl groups excluding tert-OH is 2. The number of nitrogen functional groups attached to an aromatic ring is 2. The van der Waals surface area contributed by atoms with E-state index in [2.05, 4.69) is 35.5 Å². The minimum Gasteiger partial charge on any atom is -0.459 e. The zero-order valence-electron chi connectivity index (χ0n) is 74.1. The normalized spacial score (nSPS) is 27.2. The molecule has 0 radical (unpaired) electrons. The molecule has 3 saturated heterocycles. The number of hydrogen-bond donors (Lipinski definition) is 7. The number of benzene rings is 2. The van der Waals surface area contributed by atoms with Crippen LogP contribution in [0.1, 0.15) is 156 Å². The van der Waals surface area contributed by atoms with Crippen molar-refractivity contribution in [1.82, 2.24) is 64.8 Å². The molecule has 15 atom stereocenters. The Morgan fingerprint density at radius 3 is 2.34 bits per heavy atom. The van der Waals surface area contributed by atoms with Crippen LogP contribution in [0.3, 0.4) is 0 Å². The van der Waals surface area contributed by atoms with E-state index in [0.717, 1.165) is 39.1 Å². The number of nitrogens with one attached hydrogen (secondary N) is 1. The van der Waals surface area contributed by atoms with Crippen LogP contribution in [0.5, 0.6) is 0 Å². The van der Waals surface area contributed by atoms with Crippen molar-refractivity contribution < 1.29 is 86.5 Å². The number of cyclic esters (lactones) is 1. The highest BCUT2D eigenvalue weighted by Gasteiger charge is 2.53. The number of carbonyl (C=O) groups excluding carboxylic acids is 7. The summed E-state index contributed by atoms with van der Waals surface area (Å²) in [6.45, 7) is 15.6. The Morgan fingerprint density at radius 1 is 0.772 bits per heavy atom. The summed E-state index contributed by atoms with van der Waals surface area (Å²) in [5, 5.41) is 51.7. The molecule has 1 aliphatic carbocycles. The lowest BCUT2D eigenvalue weighted by molar-refractivity contribution is -0.265. The van der Waals surface area contributed by atoms with Gasteiger partial charge in [0.1, 0.15) is 53.5 Å². The standard InChI is InChI=1S/C92H125N17O18/c1-56-17-10-9-11-18-57(2)75(120-7)49-68-26-22-61(6)92(119,127-68)85(116)88(117)108-32-14-12-21-71(108)89(118)125-76(50-72(110)58(3)44-60(5)83(114)84(115)82(113)59(4)43-56)69(93)46-62-23-27-74(77(47-62)121-8)124-54-63-19-16-20-64(45-63)66-51-97-91(98-52-66)106-36-34-105(35-37-106)79(112)29-25-67-53-107(104-102-67)38-40-123-42-41-122-39-30-78(111)96-31-13-15-33-109-87-80(86(94)99-55-100-87)81(103-109)65-24-28-73-70(48-65)101-90(95)126-73/h9-11,16-20,24,28,44-45,48,51-53,55-56,58-59,61-62,68-69,71,74-77,83-84,114-115,119H,12-15,21-23,25-27,29-43,46-47,49-50,54,93H2,1-8H3,(H2,95,101)(H,96,111)(H2,94,99,100)/b11-9+,17-10+,57-18+,60-44+/t56?,58?,59?,61-,62?,68+,69?,71+,74?,75?,76?,77-,83?,84+,92-/m1/s1. The molecule has 4 aliphatic heterocycles. The first-order valence-corrected chi connectivity index (χ1v) is 44.6. The van der Waals surface area contributed by atoms with Gasteiger partial charge in [-0.3, -0.25) is 28.8 Å². The van der Waals surface area contributed by atoms with E-state index in [9.17, 15) is 48.9 Å². The van der Waals surface area contributed by atoms with Crippen LogP contribution in [0.4, 0.5) is 17.8 Å². The van der Waals surface area contributed by atoms with Crippen molar-refractivity contribution >= 4 is 81.0 Å². The molecule has 2 aromatic carbocycles. The van der Waals surface area contributed by atoms with Crippen molar-refractivity contribution in [3.8, 4) is 22.4 Å². The summed E-state index contributed by atoms with van der Waals surface area (Å²) in [4.78, 5) is 125. The number of hydrogen-bond acceptors (Lipinski definition) is 30. The fourth-order valence-corrected chi connectivity index (χ4v) is 17.5. The molecule has 127 heavy (non-hydrogen) atoms. The molecule has 2 bridgehead atoms. The van der Waals surface area contributed by atoms with E-state index in [1.807, 2.05) is 91.7 Å². The number of fused-ring (bicyclic) bond motifs is 5. The minimum absolute atomic E-state index is 0.0134. The van der Waals surface area contributed by atoms with Crippen molar-refractivity contribution in [2.24, 2.45) is 35.3 Å². The van der Waals surface area contributed by atoms with Gasteiger partial charge >= 0.3 is 5.97 Å². The maximum atomic E-state index is 14.8. The van der Waals surface area contributed by atoms with Crippen molar-refractivity contribution in [3.63, 3.8) is 0 Å². The zero-order chi connectivity index (χ0) is 90.4. The maximum absolute atomic E-state index is 14.8. The number of nitrogens with zero attached hydrogens (tertiary/aromatic N) is 13. The molecule has 35 heteroatoms. The quantitative estimate of drug-likeness (QED) is 0.0106. The fraction of sp³-hybridized carbons (Fsp3) is 0.576. The number of ether oxygens (including phenoxy) is 7. The number of carbonyl (C=O) groups is 7. The average Bonchev–Trinajstić information content (AvgIpc) is 1.71. The van der Waals surface area contributed by atoms with Gasteiger partial charge in [-0.15, -0.1) is 5.10 Å². The molecule has 3 amide bonds. The van der Waals surface area contributed by atoms with Gasteiger partial charge < -0.3 is 90.1 Å². The predicted molar refractivity (Wildman–Crippen MR) is 472 cm³/mol. The number of aliphatic hydroxyl groups is 3. The molecule has 5 aliphatic rings. The number of aryl methyl sites for hydroxylation is 2. The van der Waals surface area contributed by atoms with Crippen molar-refractivity contribution in [3.05, 3.63) is 126 Å². The number of oxazole rings is 1. The van der Waals surface area contributed by atoms with Crippen molar-refractivity contribution in [2.45, 2.75) is 231 Å². The Hall–Kier alpha value is -10.5. The molecule has 4 fully saturated rings. The lowest BCUT2D eigenvalue weighted by atomic mass is 9.80. The summed E-state index contributed by atoms with van der Waals surface area (Å²) in [7, 11) is 3.19. The summed E-state index contributed by atoms with van der Waals surface area (Å²) < 4.78 is 51.5. The number of piperidine rings is 1. The SMILES string of the molecule is COC1C[C@@H]2CC[C@@H](C)[C@@](O)(O2)C(=O)C(=O)N2CCCC[C@H]2C(=O)OC(C(N)CC2CCC(OCc3cccc(-c4cnc(N5CCN(C(=O)CCc6cn(CCOCCOCCC(=O)NCCCCn7nc(-c8ccc9oc(N)nc9c8)c8c(N)ncnc87)nn6)CC5)nc4)c3)[C@H](OC)C2)CC(=O)C(C)/C=C(\C)C(O)[C@@H](O)C(=O)C(C)CC(C)/C=C/C=C/C=C/1C. The van der Waals surface area contributed by atoms with Crippen molar-refractivity contribution in [1.29, 1.82) is 0 Å². The van der Waals surface area contributed by atoms with E-state index in [4.69, 9.17) is 69.8 Å². The highest BCUT2D eigenvalue weighted by Crippen LogP contribution is 2.39. The summed E-state index contributed by atoms with van der Waals surface area (Å²) in [5.41, 5.74) is 26.7. The van der Waals surface area contributed by atoms with E-state index in [1.54, 1.807) is 62.8 Å². The van der Waals surface area contributed by atoms with Gasteiger partial charge in [0.25, 0.3) is 17.7 Å². The molecule has 0 spiro atoms. The van der Waals surface area contributed by atoms with Crippen LogP contribution in [0.15, 0.2) is 119 Å². The monoisotopic (exact) mass is 1760 g/mol. The van der Waals surface area contributed by atoms with Gasteiger partial charge in [-0.25, -0.2) is 34.1 Å². The van der Waals surface area contributed by atoms with Crippen LogP contribution in [0.2, 0.25) is 0 Å². The Morgan fingerprint density at radius 2 is 1.56 bits per heavy atom. The predicted octanol–water partition coefficient (Wildman–Crippen LogP) is 7.90. The summed E-state index contributed by atoms with van der Waals surface area (Å²) in [5.74, 6) is -8.26. The number of aromatic nitrogens is 10. The lowest BCUT2D eigenvalue weighted by Gasteiger charge is -2.42. The third kappa shape index (κ3) is 25.3. The molecule has 5 aromatic heterocycles. The molecular weight excluding hydrogens is 1630 g/mol.